The second kappa shape index (κ2) is 11.3. The minimum absolute atomic E-state index is 0.104. The average Bonchev–Trinajstić information content (AvgIpc) is 2.67. The van der Waals surface area contributed by atoms with Crippen LogP contribution < -0.4 is 5.32 Å². The van der Waals surface area contributed by atoms with Crippen molar-refractivity contribution in [1.82, 2.24) is 15.1 Å². The Morgan fingerprint density at radius 3 is 1.96 bits per heavy atom. The van der Waals surface area contributed by atoms with E-state index < -0.39 is 0 Å². The molecular weight excluding hydrogens is 354 g/mol. The van der Waals surface area contributed by atoms with Crippen molar-refractivity contribution in [2.24, 2.45) is 5.92 Å². The molecule has 0 aromatic rings. The average molecular weight is 396 g/mol. The van der Waals surface area contributed by atoms with Crippen molar-refractivity contribution in [2.75, 3.05) is 32.7 Å². The van der Waals surface area contributed by atoms with Gasteiger partial charge in [-0.15, -0.1) is 0 Å². The molecule has 2 aliphatic rings. The number of nitrogens with one attached hydrogen (secondary N) is 1. The number of carbonyl (C=O) groups excluding carboxylic acids is 2. The highest BCUT2D eigenvalue weighted by atomic mass is 16.5. The maximum atomic E-state index is 12.9. The summed E-state index contributed by atoms with van der Waals surface area (Å²) in [4.78, 5) is 28.8. The van der Waals surface area contributed by atoms with Crippen LogP contribution >= 0.6 is 0 Å². The summed E-state index contributed by atoms with van der Waals surface area (Å²) < 4.78 is 6.35. The predicted molar refractivity (Wildman–Crippen MR) is 112 cm³/mol. The lowest BCUT2D eigenvalue weighted by Gasteiger charge is -2.38. The van der Waals surface area contributed by atoms with E-state index in [0.29, 0.717) is 30.9 Å². The Labute approximate surface area is 171 Å². The monoisotopic (exact) mass is 395 g/mol. The summed E-state index contributed by atoms with van der Waals surface area (Å²) in [7, 11) is 0. The topological polar surface area (TPSA) is 61.9 Å². The molecule has 2 saturated heterocycles. The fraction of sp³-hybridized carbons (Fsp3) is 0.909. The second-order valence-electron chi connectivity index (χ2n) is 9.07. The fourth-order valence-electron chi connectivity index (χ4n) is 4.15. The highest BCUT2D eigenvalue weighted by Crippen LogP contribution is 2.22. The molecule has 1 amide bonds. The van der Waals surface area contributed by atoms with Gasteiger partial charge in [0, 0.05) is 38.6 Å². The first-order valence-corrected chi connectivity index (χ1v) is 11.2. The number of hydrogen-bond acceptors (Lipinski definition) is 5. The molecule has 0 bridgehead atoms. The number of likely N-dealkylation sites (tertiary alicyclic amines) is 2. The third-order valence-corrected chi connectivity index (χ3v) is 5.91. The number of nitrogens with zero attached hydrogens (tertiary/aromatic N) is 2. The van der Waals surface area contributed by atoms with Crippen LogP contribution in [0.15, 0.2) is 0 Å². The van der Waals surface area contributed by atoms with Gasteiger partial charge in [0.1, 0.15) is 5.78 Å². The molecule has 0 radical (unpaired) electrons. The van der Waals surface area contributed by atoms with Gasteiger partial charge in [0.2, 0.25) is 5.91 Å². The molecule has 2 heterocycles. The number of rotatable bonds is 9. The first-order chi connectivity index (χ1) is 13.3. The number of ether oxygens (including phenoxy) is 1. The van der Waals surface area contributed by atoms with Gasteiger partial charge in [-0.05, 0) is 31.6 Å². The Hall–Kier alpha value is -0.980. The molecule has 1 unspecified atom stereocenters. The summed E-state index contributed by atoms with van der Waals surface area (Å²) >= 11 is 0. The second-order valence-corrected chi connectivity index (χ2v) is 9.07. The Kier molecular flexibility index (Phi) is 9.38. The summed E-state index contributed by atoms with van der Waals surface area (Å²) in [6.45, 7) is 14.4. The van der Waals surface area contributed by atoms with Crippen molar-refractivity contribution >= 4 is 11.7 Å². The highest BCUT2D eigenvalue weighted by Gasteiger charge is 2.32. The van der Waals surface area contributed by atoms with Crippen molar-refractivity contribution in [3.8, 4) is 0 Å². The van der Waals surface area contributed by atoms with E-state index in [9.17, 15) is 9.59 Å². The van der Waals surface area contributed by atoms with E-state index in [2.05, 4.69) is 37.9 Å². The number of carbonyl (C=O) groups is 2. The van der Waals surface area contributed by atoms with E-state index in [1.807, 2.05) is 11.8 Å². The molecule has 0 saturated carbocycles. The van der Waals surface area contributed by atoms with Crippen LogP contribution in [0.1, 0.15) is 66.7 Å². The van der Waals surface area contributed by atoms with Crippen LogP contribution in [0.3, 0.4) is 0 Å². The van der Waals surface area contributed by atoms with Crippen LogP contribution in [-0.2, 0) is 14.3 Å². The molecule has 6 heteroatoms. The van der Waals surface area contributed by atoms with Crippen molar-refractivity contribution in [2.45, 2.75) is 91.0 Å². The summed E-state index contributed by atoms with van der Waals surface area (Å²) in [6, 6.07) is 0.198. The van der Waals surface area contributed by atoms with Crippen LogP contribution in [-0.4, -0.2) is 78.5 Å². The molecule has 2 aliphatic heterocycles. The molecule has 2 fully saturated rings. The SMILES string of the molecule is CCC(=O)CN1CCC(OC2CCN(C(=O)C(NC(C)C)C(C)C)CC2)CC1. The van der Waals surface area contributed by atoms with Gasteiger partial charge < -0.3 is 15.0 Å². The van der Waals surface area contributed by atoms with Crippen LogP contribution in [0.25, 0.3) is 0 Å². The van der Waals surface area contributed by atoms with Gasteiger partial charge in [-0.3, -0.25) is 14.5 Å². The lowest BCUT2D eigenvalue weighted by atomic mass is 9.99. The Bertz CT molecular complexity index is 493. The first-order valence-electron chi connectivity index (χ1n) is 11.2. The van der Waals surface area contributed by atoms with E-state index in [4.69, 9.17) is 4.74 Å². The summed E-state index contributed by atoms with van der Waals surface area (Å²) in [5, 5.41) is 3.42. The molecule has 28 heavy (non-hydrogen) atoms. The third-order valence-electron chi connectivity index (χ3n) is 5.91. The maximum absolute atomic E-state index is 12.9. The third kappa shape index (κ3) is 7.12. The van der Waals surface area contributed by atoms with Crippen molar-refractivity contribution in [1.29, 1.82) is 0 Å². The summed E-state index contributed by atoms with van der Waals surface area (Å²) in [5.41, 5.74) is 0. The van der Waals surface area contributed by atoms with Gasteiger partial charge in [-0.2, -0.15) is 0 Å². The highest BCUT2D eigenvalue weighted by molar-refractivity contribution is 5.82. The molecule has 0 aliphatic carbocycles. The fourth-order valence-corrected chi connectivity index (χ4v) is 4.15. The first kappa shape index (κ1) is 23.3. The zero-order valence-corrected chi connectivity index (χ0v) is 18.6. The Balaban J connectivity index is 1.72. The predicted octanol–water partition coefficient (Wildman–Crippen LogP) is 2.46. The van der Waals surface area contributed by atoms with Gasteiger partial charge >= 0.3 is 0 Å². The number of piperidine rings is 2. The minimum atomic E-state index is -0.104. The van der Waals surface area contributed by atoms with E-state index in [-0.39, 0.29) is 24.0 Å². The lowest BCUT2D eigenvalue weighted by Crippen LogP contribution is -2.53. The lowest BCUT2D eigenvalue weighted by molar-refractivity contribution is -0.139. The molecule has 162 valence electrons. The van der Waals surface area contributed by atoms with Gasteiger partial charge in [-0.1, -0.05) is 34.6 Å². The molecule has 0 aromatic carbocycles. The van der Waals surface area contributed by atoms with Crippen LogP contribution in [0.4, 0.5) is 0 Å². The zero-order chi connectivity index (χ0) is 20.7. The van der Waals surface area contributed by atoms with E-state index >= 15 is 0 Å². The van der Waals surface area contributed by atoms with Gasteiger partial charge in [0.15, 0.2) is 0 Å². The summed E-state index contributed by atoms with van der Waals surface area (Å²) in [5.74, 6) is 0.841. The van der Waals surface area contributed by atoms with Crippen molar-refractivity contribution in [3.63, 3.8) is 0 Å². The number of hydrogen-bond donors (Lipinski definition) is 1. The number of amides is 1. The maximum Gasteiger partial charge on any atom is 0.239 e. The van der Waals surface area contributed by atoms with Gasteiger partial charge in [-0.25, -0.2) is 0 Å². The van der Waals surface area contributed by atoms with Crippen molar-refractivity contribution in [3.05, 3.63) is 0 Å². The standard InChI is InChI=1S/C22H41N3O3/c1-6-18(26)15-24-11-7-19(8-12-24)28-20-9-13-25(14-10-20)22(27)21(16(2)3)23-17(4)5/h16-17,19-21,23H,6-15H2,1-5H3. The summed E-state index contributed by atoms with van der Waals surface area (Å²) in [6.07, 6.45) is 5.03. The smallest absolute Gasteiger partial charge is 0.239 e. The number of Topliss-reactive ketones (excluding diaryl/α,β-unsaturated/α-hetero) is 1. The normalized spacial score (nSPS) is 21.5. The van der Waals surface area contributed by atoms with Crippen molar-refractivity contribution < 1.29 is 14.3 Å². The van der Waals surface area contributed by atoms with E-state index in [0.717, 1.165) is 51.9 Å². The van der Waals surface area contributed by atoms with Gasteiger partial charge in [0.25, 0.3) is 0 Å². The molecular formula is C22H41N3O3. The molecule has 6 nitrogen and oxygen atoms in total. The molecule has 0 aromatic heterocycles. The van der Waals surface area contributed by atoms with Gasteiger partial charge in [0.05, 0.1) is 24.8 Å². The molecule has 2 rings (SSSR count). The minimum Gasteiger partial charge on any atom is -0.375 e. The van der Waals surface area contributed by atoms with Crippen LogP contribution in [0.2, 0.25) is 0 Å². The van der Waals surface area contributed by atoms with Crippen LogP contribution in [0.5, 0.6) is 0 Å². The molecule has 0 spiro atoms. The Morgan fingerprint density at radius 2 is 1.50 bits per heavy atom. The van der Waals surface area contributed by atoms with E-state index in [1.54, 1.807) is 0 Å². The molecule has 1 N–H and O–H groups in total. The van der Waals surface area contributed by atoms with E-state index in [1.165, 1.54) is 0 Å². The molecule has 1 atom stereocenters. The number of ketones is 1. The zero-order valence-electron chi connectivity index (χ0n) is 18.6. The Morgan fingerprint density at radius 1 is 0.964 bits per heavy atom. The largest absolute Gasteiger partial charge is 0.375 e. The van der Waals surface area contributed by atoms with Crippen LogP contribution in [0, 0.1) is 5.92 Å². The quantitative estimate of drug-likeness (QED) is 0.650.